The molecule has 12 nitrogen and oxygen atoms in total. The number of aromatic nitrogens is 3. The summed E-state index contributed by atoms with van der Waals surface area (Å²) in [6, 6.07) is 14.8. The smallest absolute Gasteiger partial charge is 0.323 e. The van der Waals surface area contributed by atoms with Gasteiger partial charge in [0.25, 0.3) is 11.8 Å². The van der Waals surface area contributed by atoms with Gasteiger partial charge in [-0.2, -0.15) is 15.0 Å². The molecule has 2 N–H and O–H groups in total. The van der Waals surface area contributed by atoms with Crippen molar-refractivity contribution in [3.05, 3.63) is 48.5 Å². The van der Waals surface area contributed by atoms with Crippen LogP contribution in [0.4, 0.5) is 34.6 Å². The molecular weight excluding hydrogens is 514 g/mol. The van der Waals surface area contributed by atoms with Gasteiger partial charge in [0, 0.05) is 35.8 Å². The van der Waals surface area contributed by atoms with Gasteiger partial charge in [-0.05, 0) is 48.5 Å². The molecule has 2 aromatic carbocycles. The van der Waals surface area contributed by atoms with Gasteiger partial charge in [-0.3, -0.25) is 9.59 Å². The zero-order chi connectivity index (χ0) is 26.3. The number of carbonyl (C=O) groups is 2. The molecule has 38 heavy (non-hydrogen) atoms. The number of alkyl halides is 1. The van der Waals surface area contributed by atoms with E-state index in [-0.39, 0.29) is 55.4 Å². The fourth-order valence-electron chi connectivity index (χ4n) is 3.95. The summed E-state index contributed by atoms with van der Waals surface area (Å²) in [7, 11) is 0. The van der Waals surface area contributed by atoms with Crippen LogP contribution in [-0.2, 0) is 19.1 Å². The average Bonchev–Trinajstić information content (AvgIpc) is 2.93. The van der Waals surface area contributed by atoms with Gasteiger partial charge in [0.15, 0.2) is 0 Å². The summed E-state index contributed by atoms with van der Waals surface area (Å²) < 4.78 is 15.9. The Morgan fingerprint density at radius 3 is 1.66 bits per heavy atom. The lowest BCUT2D eigenvalue weighted by atomic mass is 10.2. The van der Waals surface area contributed by atoms with E-state index < -0.39 is 0 Å². The topological polar surface area (TPSA) is 131 Å². The normalized spacial score (nSPS) is 15.9. The van der Waals surface area contributed by atoms with Crippen LogP contribution in [0.15, 0.2) is 48.5 Å². The third kappa shape index (κ3) is 6.28. The molecule has 2 amide bonds. The SMILES string of the molecule is O=C1COCCN1c1ccc(Nc2nc(Nc3ccc(N4CCOCC4=O)cc3)nc(OCCCl)n2)cc1. The van der Waals surface area contributed by atoms with Crippen LogP contribution in [0.25, 0.3) is 0 Å². The molecule has 2 aliphatic rings. The van der Waals surface area contributed by atoms with Gasteiger partial charge in [-0.1, -0.05) is 0 Å². The van der Waals surface area contributed by atoms with Gasteiger partial charge >= 0.3 is 6.01 Å². The van der Waals surface area contributed by atoms with Crippen molar-refractivity contribution in [2.24, 2.45) is 0 Å². The molecule has 0 saturated carbocycles. The number of benzene rings is 2. The molecule has 0 bridgehead atoms. The molecule has 198 valence electrons. The van der Waals surface area contributed by atoms with E-state index in [1.807, 2.05) is 48.5 Å². The van der Waals surface area contributed by atoms with Crippen LogP contribution in [0.5, 0.6) is 6.01 Å². The second-order valence-electron chi connectivity index (χ2n) is 8.34. The number of rotatable bonds is 9. The molecule has 3 aromatic rings. The Hall–Kier alpha value is -4.00. The second kappa shape index (κ2) is 12.0. The van der Waals surface area contributed by atoms with Crippen LogP contribution in [0.1, 0.15) is 0 Å². The summed E-state index contributed by atoms with van der Waals surface area (Å²) in [6.07, 6.45) is 0. The van der Waals surface area contributed by atoms with Crippen molar-refractivity contribution in [2.75, 3.05) is 72.4 Å². The van der Waals surface area contributed by atoms with E-state index in [0.717, 1.165) is 22.7 Å². The van der Waals surface area contributed by atoms with Crippen LogP contribution < -0.4 is 25.2 Å². The minimum atomic E-state index is -0.0733. The van der Waals surface area contributed by atoms with Crippen molar-refractivity contribution in [3.8, 4) is 6.01 Å². The van der Waals surface area contributed by atoms with E-state index in [2.05, 4.69) is 25.6 Å². The average molecular weight is 540 g/mol. The van der Waals surface area contributed by atoms with Crippen LogP contribution in [-0.4, -0.2) is 78.8 Å². The fourth-order valence-corrected chi connectivity index (χ4v) is 4.03. The zero-order valence-electron chi connectivity index (χ0n) is 20.4. The van der Waals surface area contributed by atoms with Crippen molar-refractivity contribution >= 4 is 58.1 Å². The Morgan fingerprint density at radius 1 is 0.763 bits per heavy atom. The number of nitrogens with one attached hydrogen (secondary N) is 2. The monoisotopic (exact) mass is 539 g/mol. The Balaban J connectivity index is 1.30. The Bertz CT molecular complexity index is 1180. The molecule has 13 heteroatoms. The highest BCUT2D eigenvalue weighted by Gasteiger charge is 2.21. The van der Waals surface area contributed by atoms with Gasteiger partial charge < -0.3 is 34.6 Å². The molecule has 1 aromatic heterocycles. The van der Waals surface area contributed by atoms with E-state index in [4.69, 9.17) is 25.8 Å². The third-order valence-electron chi connectivity index (χ3n) is 5.77. The van der Waals surface area contributed by atoms with Crippen molar-refractivity contribution in [2.45, 2.75) is 0 Å². The van der Waals surface area contributed by atoms with E-state index in [0.29, 0.717) is 26.3 Å². The van der Waals surface area contributed by atoms with E-state index in [9.17, 15) is 9.59 Å². The van der Waals surface area contributed by atoms with E-state index in [1.165, 1.54) is 0 Å². The highest BCUT2D eigenvalue weighted by molar-refractivity contribution is 6.18. The second-order valence-corrected chi connectivity index (χ2v) is 8.72. The van der Waals surface area contributed by atoms with Crippen molar-refractivity contribution < 1.29 is 23.8 Å². The molecule has 5 rings (SSSR count). The summed E-state index contributed by atoms with van der Waals surface area (Å²) in [5.74, 6) is 0.655. The molecule has 2 aliphatic heterocycles. The molecule has 0 atom stereocenters. The number of hydrogen-bond donors (Lipinski definition) is 2. The summed E-state index contributed by atoms with van der Waals surface area (Å²) in [5.41, 5.74) is 3.01. The fraction of sp³-hybridized carbons (Fsp3) is 0.320. The molecular formula is C25H26ClN7O5. The van der Waals surface area contributed by atoms with Gasteiger partial charge in [0.1, 0.15) is 19.8 Å². The number of halogens is 1. The number of hydrogen-bond acceptors (Lipinski definition) is 10. The number of morpholine rings is 2. The Morgan fingerprint density at radius 2 is 1.24 bits per heavy atom. The predicted molar refractivity (Wildman–Crippen MR) is 142 cm³/mol. The lowest BCUT2D eigenvalue weighted by Gasteiger charge is -2.27. The van der Waals surface area contributed by atoms with Crippen molar-refractivity contribution in [1.82, 2.24) is 15.0 Å². The summed E-state index contributed by atoms with van der Waals surface area (Å²) in [4.78, 5) is 40.7. The first-order valence-corrected chi connectivity index (χ1v) is 12.6. The van der Waals surface area contributed by atoms with Crippen LogP contribution in [0.2, 0.25) is 0 Å². The lowest BCUT2D eigenvalue weighted by Crippen LogP contribution is -2.41. The lowest BCUT2D eigenvalue weighted by molar-refractivity contribution is -0.126. The maximum absolute atomic E-state index is 12.1. The standard InChI is InChI=1S/C25H26ClN7O5/c26-9-12-38-25-30-23(27-17-1-5-19(6-2-17)32-10-13-36-15-21(32)34)29-24(31-25)28-18-3-7-20(8-4-18)33-11-14-37-16-22(33)35/h1-8H,9-16H2,(H2,27,28,29,30,31). The van der Waals surface area contributed by atoms with Gasteiger partial charge in [-0.25, -0.2) is 0 Å². The summed E-state index contributed by atoms with van der Waals surface area (Å²) in [5, 5.41) is 6.29. The molecule has 2 saturated heterocycles. The summed E-state index contributed by atoms with van der Waals surface area (Å²) >= 11 is 5.77. The first-order chi connectivity index (χ1) is 18.6. The third-order valence-corrected chi connectivity index (χ3v) is 5.92. The van der Waals surface area contributed by atoms with Gasteiger partial charge in [0.05, 0.1) is 19.1 Å². The van der Waals surface area contributed by atoms with Crippen LogP contribution in [0.3, 0.4) is 0 Å². The maximum atomic E-state index is 12.1. The molecule has 0 spiro atoms. The molecule has 3 heterocycles. The zero-order valence-corrected chi connectivity index (χ0v) is 21.2. The minimum absolute atomic E-state index is 0.0733. The minimum Gasteiger partial charge on any atom is -0.462 e. The summed E-state index contributed by atoms with van der Waals surface area (Å²) in [6.45, 7) is 2.43. The van der Waals surface area contributed by atoms with Crippen LogP contribution in [0, 0.1) is 0 Å². The van der Waals surface area contributed by atoms with Crippen LogP contribution >= 0.6 is 11.6 Å². The molecule has 2 fully saturated rings. The Kier molecular flexibility index (Phi) is 8.12. The first kappa shape index (κ1) is 25.6. The molecule has 0 aliphatic carbocycles. The number of anilines is 6. The molecule has 0 radical (unpaired) electrons. The number of ether oxygens (including phenoxy) is 3. The van der Waals surface area contributed by atoms with Crippen molar-refractivity contribution in [3.63, 3.8) is 0 Å². The van der Waals surface area contributed by atoms with Crippen molar-refractivity contribution in [1.29, 1.82) is 0 Å². The number of nitrogens with zero attached hydrogens (tertiary/aromatic N) is 5. The number of carbonyl (C=O) groups excluding carboxylic acids is 2. The first-order valence-electron chi connectivity index (χ1n) is 12.0. The Labute approximate surface area is 223 Å². The van der Waals surface area contributed by atoms with Gasteiger partial charge in [-0.15, -0.1) is 11.6 Å². The molecule has 0 unspecified atom stereocenters. The van der Waals surface area contributed by atoms with E-state index >= 15 is 0 Å². The highest BCUT2D eigenvalue weighted by atomic mass is 35.5. The van der Waals surface area contributed by atoms with E-state index in [1.54, 1.807) is 9.80 Å². The number of amides is 2. The maximum Gasteiger partial charge on any atom is 0.323 e. The highest BCUT2D eigenvalue weighted by Crippen LogP contribution is 2.25. The predicted octanol–water partition coefficient (Wildman–Crippen LogP) is 2.70. The van der Waals surface area contributed by atoms with Gasteiger partial charge in [0.2, 0.25) is 11.9 Å². The largest absolute Gasteiger partial charge is 0.462 e. The quantitative estimate of drug-likeness (QED) is 0.391.